The molecule has 1 aromatic carbocycles. The number of hydrogen-bond donors (Lipinski definition) is 0. The summed E-state index contributed by atoms with van der Waals surface area (Å²) in [6.45, 7) is 0. The molecule has 0 unspecified atom stereocenters. The van der Waals surface area contributed by atoms with Crippen molar-refractivity contribution in [1.29, 1.82) is 0 Å². The van der Waals surface area contributed by atoms with Gasteiger partial charge in [-0.3, -0.25) is 4.79 Å². The first-order valence-corrected chi connectivity index (χ1v) is 6.53. The van der Waals surface area contributed by atoms with Gasteiger partial charge in [-0.15, -0.1) is 0 Å². The highest BCUT2D eigenvalue weighted by Gasteiger charge is 2.50. The van der Waals surface area contributed by atoms with Gasteiger partial charge in [-0.2, -0.15) is 0 Å². The zero-order valence-corrected chi connectivity index (χ0v) is 10.9. The Morgan fingerprint density at radius 3 is 2.69 bits per heavy atom. The lowest BCUT2D eigenvalue weighted by atomic mass is 9.80. The predicted octanol–water partition coefficient (Wildman–Crippen LogP) is 3.24. The minimum Gasteiger partial charge on any atom is -0.314 e. The lowest BCUT2D eigenvalue weighted by Crippen LogP contribution is -2.36. The molecule has 0 bridgehead atoms. The molecule has 1 heterocycles. The van der Waals surface area contributed by atoms with Crippen LogP contribution in [0.25, 0.3) is 0 Å². The van der Waals surface area contributed by atoms with Crippen molar-refractivity contribution < 1.29 is 4.79 Å². The molecule has 1 amide bonds. The lowest BCUT2D eigenvalue weighted by Gasteiger charge is -2.21. The molecule has 1 aliphatic heterocycles. The number of likely N-dealkylation sites (N-methyl/N-ethyl adjacent to an activating group) is 1. The molecule has 3 heteroatoms. The van der Waals surface area contributed by atoms with Gasteiger partial charge < -0.3 is 4.90 Å². The van der Waals surface area contributed by atoms with Crippen LogP contribution in [0, 0.1) is 0 Å². The van der Waals surface area contributed by atoms with Gasteiger partial charge in [0.1, 0.15) is 0 Å². The van der Waals surface area contributed by atoms with Crippen LogP contribution in [0.4, 0.5) is 5.69 Å². The Hall–Kier alpha value is -0.830. The second-order valence-corrected chi connectivity index (χ2v) is 5.73. The molecule has 2 nitrogen and oxygen atoms in total. The average molecular weight is 280 g/mol. The molecular weight excluding hydrogens is 266 g/mol. The molecule has 2 aliphatic rings. The van der Waals surface area contributed by atoms with Crippen LogP contribution in [-0.2, 0) is 10.2 Å². The van der Waals surface area contributed by atoms with Crippen molar-refractivity contribution in [2.75, 3.05) is 11.9 Å². The molecule has 1 aromatic rings. The van der Waals surface area contributed by atoms with Crippen LogP contribution in [-0.4, -0.2) is 13.0 Å². The maximum Gasteiger partial charge on any atom is 0.237 e. The van der Waals surface area contributed by atoms with Crippen molar-refractivity contribution in [3.05, 3.63) is 28.2 Å². The van der Waals surface area contributed by atoms with E-state index in [4.69, 9.17) is 0 Å². The van der Waals surface area contributed by atoms with E-state index in [-0.39, 0.29) is 11.3 Å². The van der Waals surface area contributed by atoms with Crippen molar-refractivity contribution in [3.63, 3.8) is 0 Å². The summed E-state index contributed by atoms with van der Waals surface area (Å²) in [4.78, 5) is 14.2. The second kappa shape index (κ2) is 3.33. The molecule has 1 saturated carbocycles. The van der Waals surface area contributed by atoms with E-state index in [1.807, 2.05) is 24.1 Å². The molecule has 0 saturated heterocycles. The van der Waals surface area contributed by atoms with Gasteiger partial charge in [0, 0.05) is 17.2 Å². The summed E-state index contributed by atoms with van der Waals surface area (Å²) >= 11 is 3.51. The number of halogens is 1. The zero-order chi connectivity index (χ0) is 11.3. The van der Waals surface area contributed by atoms with Crippen LogP contribution in [0.2, 0.25) is 0 Å². The van der Waals surface area contributed by atoms with E-state index in [1.165, 1.54) is 18.4 Å². The monoisotopic (exact) mass is 279 g/mol. The number of anilines is 1. The summed E-state index contributed by atoms with van der Waals surface area (Å²) in [5, 5.41) is 0. The third kappa shape index (κ3) is 1.15. The summed E-state index contributed by atoms with van der Waals surface area (Å²) in [7, 11) is 1.89. The van der Waals surface area contributed by atoms with Gasteiger partial charge in [0.2, 0.25) is 5.91 Å². The first-order valence-electron chi connectivity index (χ1n) is 5.73. The number of hydrogen-bond acceptors (Lipinski definition) is 1. The SMILES string of the molecule is CN1C(=O)C2(CCCC2)c2cc(Br)ccc21. The van der Waals surface area contributed by atoms with Gasteiger partial charge >= 0.3 is 0 Å². The molecule has 1 aliphatic carbocycles. The minimum atomic E-state index is -0.201. The third-order valence-corrected chi connectivity index (χ3v) is 4.50. The number of amides is 1. The smallest absolute Gasteiger partial charge is 0.237 e. The van der Waals surface area contributed by atoms with Gasteiger partial charge in [0.25, 0.3) is 0 Å². The molecule has 0 atom stereocenters. The Balaban J connectivity index is 2.23. The van der Waals surface area contributed by atoms with E-state index < -0.39 is 0 Å². The Bertz CT molecular complexity index is 463. The van der Waals surface area contributed by atoms with Crippen LogP contribution < -0.4 is 4.90 Å². The quantitative estimate of drug-likeness (QED) is 0.714. The zero-order valence-electron chi connectivity index (χ0n) is 9.29. The second-order valence-electron chi connectivity index (χ2n) is 4.81. The molecular formula is C13H14BrNO. The summed E-state index contributed by atoms with van der Waals surface area (Å²) < 4.78 is 1.07. The van der Waals surface area contributed by atoms with Crippen molar-refractivity contribution in [2.24, 2.45) is 0 Å². The van der Waals surface area contributed by atoms with Crippen LogP contribution in [0.15, 0.2) is 22.7 Å². The first kappa shape index (κ1) is 10.3. The standard InChI is InChI=1S/C13H14BrNO/c1-15-11-5-4-9(14)8-10(11)13(12(15)16)6-2-3-7-13/h4-5,8H,2-3,6-7H2,1H3. The maximum atomic E-state index is 12.4. The average Bonchev–Trinajstić information content (AvgIpc) is 2.83. The number of nitrogens with zero attached hydrogens (tertiary/aromatic N) is 1. The largest absolute Gasteiger partial charge is 0.314 e. The molecule has 84 valence electrons. The Kier molecular flexibility index (Phi) is 2.15. The fraction of sp³-hybridized carbons (Fsp3) is 0.462. The summed E-state index contributed by atoms with van der Waals surface area (Å²) in [6, 6.07) is 6.18. The topological polar surface area (TPSA) is 20.3 Å². The summed E-state index contributed by atoms with van der Waals surface area (Å²) in [5.74, 6) is 0.290. The number of benzene rings is 1. The Morgan fingerprint density at radius 1 is 1.31 bits per heavy atom. The van der Waals surface area contributed by atoms with Gasteiger partial charge in [0.05, 0.1) is 5.41 Å². The number of rotatable bonds is 0. The fourth-order valence-electron chi connectivity index (χ4n) is 3.19. The Labute approximate surface area is 104 Å². The van der Waals surface area contributed by atoms with Gasteiger partial charge in [0.15, 0.2) is 0 Å². The summed E-state index contributed by atoms with van der Waals surface area (Å²) in [6.07, 6.45) is 4.37. The first-order chi connectivity index (χ1) is 7.65. The predicted molar refractivity (Wildman–Crippen MR) is 67.7 cm³/mol. The van der Waals surface area contributed by atoms with Gasteiger partial charge in [-0.25, -0.2) is 0 Å². The molecule has 1 fully saturated rings. The maximum absolute atomic E-state index is 12.4. The molecule has 0 N–H and O–H groups in total. The highest BCUT2D eigenvalue weighted by molar-refractivity contribution is 9.10. The minimum absolute atomic E-state index is 0.201. The van der Waals surface area contributed by atoms with Crippen molar-refractivity contribution in [2.45, 2.75) is 31.1 Å². The van der Waals surface area contributed by atoms with Crippen LogP contribution in [0.5, 0.6) is 0 Å². The fourth-order valence-corrected chi connectivity index (χ4v) is 3.55. The highest BCUT2D eigenvalue weighted by atomic mass is 79.9. The normalized spacial score (nSPS) is 21.9. The Morgan fingerprint density at radius 2 is 2.00 bits per heavy atom. The van der Waals surface area contributed by atoms with E-state index in [2.05, 4.69) is 22.0 Å². The van der Waals surface area contributed by atoms with Gasteiger partial charge in [-0.1, -0.05) is 28.8 Å². The number of fused-ring (bicyclic) bond motifs is 2. The van der Waals surface area contributed by atoms with Crippen molar-refractivity contribution >= 4 is 27.5 Å². The molecule has 3 rings (SSSR count). The molecule has 0 radical (unpaired) electrons. The van der Waals surface area contributed by atoms with Crippen molar-refractivity contribution in [1.82, 2.24) is 0 Å². The van der Waals surface area contributed by atoms with Crippen molar-refractivity contribution in [3.8, 4) is 0 Å². The molecule has 1 spiro atoms. The number of carbonyl (C=O) groups excluding carboxylic acids is 1. The lowest BCUT2D eigenvalue weighted by molar-refractivity contribution is -0.122. The highest BCUT2D eigenvalue weighted by Crippen LogP contribution is 2.51. The van der Waals surface area contributed by atoms with Crippen LogP contribution in [0.3, 0.4) is 0 Å². The van der Waals surface area contributed by atoms with E-state index in [0.29, 0.717) is 0 Å². The van der Waals surface area contributed by atoms with E-state index in [0.717, 1.165) is 23.0 Å². The molecule has 0 aromatic heterocycles. The molecule has 16 heavy (non-hydrogen) atoms. The van der Waals surface area contributed by atoms with E-state index >= 15 is 0 Å². The third-order valence-electron chi connectivity index (χ3n) is 4.01. The number of carbonyl (C=O) groups is 1. The summed E-state index contributed by atoms with van der Waals surface area (Å²) in [5.41, 5.74) is 2.12. The van der Waals surface area contributed by atoms with Crippen LogP contribution >= 0.6 is 15.9 Å². The van der Waals surface area contributed by atoms with E-state index in [9.17, 15) is 4.79 Å². The van der Waals surface area contributed by atoms with Crippen LogP contribution in [0.1, 0.15) is 31.2 Å². The van der Waals surface area contributed by atoms with E-state index in [1.54, 1.807) is 0 Å². The van der Waals surface area contributed by atoms with Gasteiger partial charge in [-0.05, 0) is 36.6 Å².